The molecule has 4 nitrogen and oxygen atoms in total. The van der Waals surface area contributed by atoms with E-state index in [9.17, 15) is 0 Å². The van der Waals surface area contributed by atoms with Crippen LogP contribution in [0, 0.1) is 0 Å². The molecule has 9 heavy (non-hydrogen) atoms. The first-order valence-electron chi connectivity index (χ1n) is 2.43. The average molecular weight is 256 g/mol. The number of aryl methyl sites for hydroxylation is 1. The molecule has 0 radical (unpaired) electrons. The Morgan fingerprint density at radius 1 is 1.78 bits per heavy atom. The number of hydrogen-bond donors (Lipinski definition) is 0. The van der Waals surface area contributed by atoms with Crippen LogP contribution in [0.1, 0.15) is 6.92 Å². The summed E-state index contributed by atoms with van der Waals surface area (Å²) in [6.07, 6.45) is 0. The van der Waals surface area contributed by atoms with Gasteiger partial charge in [-0.1, -0.05) is 0 Å². The lowest BCUT2D eigenvalue weighted by atomic mass is 10.8. The Morgan fingerprint density at radius 3 is 3.00 bits per heavy atom. The molecule has 1 aromatic heterocycles. The maximum atomic E-state index is 3.76. The van der Waals surface area contributed by atoms with E-state index >= 15 is 0 Å². The highest BCUT2D eigenvalue weighted by molar-refractivity contribution is 14.2. The van der Waals surface area contributed by atoms with E-state index in [1.165, 1.54) is 8.93 Å². The summed E-state index contributed by atoms with van der Waals surface area (Å²) in [6.45, 7) is 2.84. The highest BCUT2D eigenvalue weighted by Crippen LogP contribution is 2.20. The van der Waals surface area contributed by atoms with Crippen molar-refractivity contribution in [2.45, 2.75) is 18.6 Å². The lowest BCUT2D eigenvalue weighted by molar-refractivity contribution is 0.582. The third kappa shape index (κ3) is 1.54. The van der Waals surface area contributed by atoms with Gasteiger partial charge in [0, 0.05) is 27.8 Å². The Morgan fingerprint density at radius 2 is 2.56 bits per heavy atom. The Kier molecular flexibility index (Phi) is 2.70. The van der Waals surface area contributed by atoms with Gasteiger partial charge < -0.3 is 0 Å². The molecule has 6 heteroatoms. The Hall–Kier alpha value is 0.150. The molecular formula is C3H5IN4S. The topological polar surface area (TPSA) is 43.6 Å². The Balaban J connectivity index is 2.85. The fraction of sp³-hybridized carbons (Fsp3) is 0.667. The first-order chi connectivity index (χ1) is 4.38. The first-order valence-corrected chi connectivity index (χ1v) is 5.79. The summed E-state index contributed by atoms with van der Waals surface area (Å²) < 4.78 is 1.75. The van der Waals surface area contributed by atoms with Crippen molar-refractivity contribution in [3.8, 4) is 0 Å². The van der Waals surface area contributed by atoms with Crippen LogP contribution in [0.5, 0.6) is 0 Å². The molecule has 0 saturated carbocycles. The van der Waals surface area contributed by atoms with Gasteiger partial charge in [-0.2, -0.15) is 0 Å². The first kappa shape index (κ1) is 7.26. The van der Waals surface area contributed by atoms with E-state index in [2.05, 4.69) is 36.7 Å². The van der Waals surface area contributed by atoms with E-state index in [4.69, 9.17) is 0 Å². The predicted octanol–water partition coefficient (Wildman–Crippen LogP) is 1.14. The van der Waals surface area contributed by atoms with Gasteiger partial charge in [0.2, 0.25) is 5.16 Å². The van der Waals surface area contributed by atoms with Crippen molar-refractivity contribution in [1.29, 1.82) is 0 Å². The fourth-order valence-electron chi connectivity index (χ4n) is 0.450. The highest BCUT2D eigenvalue weighted by Gasteiger charge is 2.00. The van der Waals surface area contributed by atoms with Crippen molar-refractivity contribution in [3.05, 3.63) is 0 Å². The summed E-state index contributed by atoms with van der Waals surface area (Å²) in [7, 11) is 1.52. The molecule has 0 fully saturated rings. The van der Waals surface area contributed by atoms with Crippen LogP contribution in [0.15, 0.2) is 5.16 Å². The van der Waals surface area contributed by atoms with Crippen LogP contribution in [0.2, 0.25) is 0 Å². The van der Waals surface area contributed by atoms with Crippen LogP contribution >= 0.6 is 30.1 Å². The monoisotopic (exact) mass is 256 g/mol. The summed E-state index contributed by atoms with van der Waals surface area (Å²) in [5.41, 5.74) is 0. The van der Waals surface area contributed by atoms with Gasteiger partial charge in [-0.3, -0.25) is 0 Å². The average Bonchev–Trinajstić information content (AvgIpc) is 2.33. The molecule has 0 bridgehead atoms. The standard InChI is InChI=1S/C3H5IN4S/c1-2-8-3(9-4)5-6-7-8/h2H2,1H3. The molecule has 0 aliphatic rings. The molecule has 0 aromatic carbocycles. The van der Waals surface area contributed by atoms with Crippen molar-refractivity contribution in [2.24, 2.45) is 0 Å². The van der Waals surface area contributed by atoms with Crippen LogP contribution < -0.4 is 0 Å². The lowest BCUT2D eigenvalue weighted by Crippen LogP contribution is -1.97. The second-order valence-electron chi connectivity index (χ2n) is 1.35. The number of hydrogen-bond acceptors (Lipinski definition) is 4. The molecule has 50 valence electrons. The van der Waals surface area contributed by atoms with Gasteiger partial charge in [-0.05, 0) is 26.3 Å². The molecule has 0 aliphatic carbocycles. The van der Waals surface area contributed by atoms with E-state index in [-0.39, 0.29) is 0 Å². The largest absolute Gasteiger partial charge is 0.220 e. The quantitative estimate of drug-likeness (QED) is 0.744. The molecule has 0 amide bonds. The minimum Gasteiger partial charge on any atom is -0.220 e. The van der Waals surface area contributed by atoms with Crippen molar-refractivity contribution in [2.75, 3.05) is 0 Å². The van der Waals surface area contributed by atoms with Crippen molar-refractivity contribution in [3.63, 3.8) is 0 Å². The summed E-state index contributed by atoms with van der Waals surface area (Å²) in [6, 6.07) is 0. The third-order valence-electron chi connectivity index (χ3n) is 0.868. The van der Waals surface area contributed by atoms with Crippen LogP contribution in [0.4, 0.5) is 0 Å². The van der Waals surface area contributed by atoms with Crippen LogP contribution in [0.3, 0.4) is 0 Å². The van der Waals surface area contributed by atoms with Crippen LogP contribution in [0.25, 0.3) is 0 Å². The third-order valence-corrected chi connectivity index (χ3v) is 2.48. The van der Waals surface area contributed by atoms with E-state index in [0.717, 1.165) is 11.7 Å². The molecule has 1 aromatic rings. The van der Waals surface area contributed by atoms with Crippen LogP contribution in [-0.4, -0.2) is 20.2 Å². The molecule has 0 N–H and O–H groups in total. The predicted molar refractivity (Wildman–Crippen MR) is 43.4 cm³/mol. The smallest absolute Gasteiger partial charge is 0.219 e. The summed E-state index contributed by atoms with van der Waals surface area (Å²) in [5.74, 6) is 0. The second-order valence-corrected chi connectivity index (χ2v) is 3.20. The van der Waals surface area contributed by atoms with E-state index in [0.29, 0.717) is 0 Å². The number of halogens is 1. The molecule has 0 spiro atoms. The zero-order chi connectivity index (χ0) is 6.69. The highest BCUT2D eigenvalue weighted by atomic mass is 127. The SMILES string of the molecule is CCn1nnnc1SI. The van der Waals surface area contributed by atoms with Gasteiger partial charge in [-0.15, -0.1) is 5.10 Å². The van der Waals surface area contributed by atoms with E-state index < -0.39 is 0 Å². The molecule has 0 atom stereocenters. The maximum Gasteiger partial charge on any atom is 0.219 e. The zero-order valence-corrected chi connectivity index (χ0v) is 7.76. The lowest BCUT2D eigenvalue weighted by Gasteiger charge is -1.92. The van der Waals surface area contributed by atoms with Gasteiger partial charge in [0.05, 0.1) is 0 Å². The normalized spacial score (nSPS) is 10.0. The van der Waals surface area contributed by atoms with E-state index in [1.54, 1.807) is 4.68 Å². The molecular weight excluding hydrogens is 251 g/mol. The van der Waals surface area contributed by atoms with Gasteiger partial charge >= 0.3 is 0 Å². The number of nitrogens with zero attached hydrogens (tertiary/aromatic N) is 4. The van der Waals surface area contributed by atoms with Crippen LogP contribution in [-0.2, 0) is 6.54 Å². The molecule has 1 heterocycles. The van der Waals surface area contributed by atoms with Crippen molar-refractivity contribution < 1.29 is 0 Å². The van der Waals surface area contributed by atoms with Gasteiger partial charge in [0.25, 0.3) is 0 Å². The molecule has 0 aliphatic heterocycles. The maximum absolute atomic E-state index is 3.76. The van der Waals surface area contributed by atoms with Gasteiger partial charge in [0.15, 0.2) is 0 Å². The minimum atomic E-state index is 0.832. The summed E-state index contributed by atoms with van der Waals surface area (Å²) in [4.78, 5) is 0. The van der Waals surface area contributed by atoms with Gasteiger partial charge in [0.1, 0.15) is 0 Å². The fourth-order valence-corrected chi connectivity index (χ4v) is 1.71. The number of aromatic nitrogens is 4. The molecule has 1 rings (SSSR count). The Labute approximate surface area is 69.0 Å². The van der Waals surface area contributed by atoms with E-state index in [1.807, 2.05) is 6.92 Å². The Bertz CT molecular complexity index is 169. The van der Waals surface area contributed by atoms with Crippen molar-refractivity contribution >= 4 is 30.1 Å². The summed E-state index contributed by atoms with van der Waals surface area (Å²) in [5, 5.41) is 11.9. The molecule has 0 saturated heterocycles. The second kappa shape index (κ2) is 3.35. The summed E-state index contributed by atoms with van der Waals surface area (Å²) >= 11 is 2.15. The molecule has 0 unspecified atom stereocenters. The van der Waals surface area contributed by atoms with Crippen molar-refractivity contribution in [1.82, 2.24) is 20.2 Å². The number of tetrazole rings is 1. The zero-order valence-electron chi connectivity index (χ0n) is 4.78. The van der Waals surface area contributed by atoms with Gasteiger partial charge in [-0.25, -0.2) is 4.68 Å². The minimum absolute atomic E-state index is 0.832. The number of rotatable bonds is 2.